The van der Waals surface area contributed by atoms with Gasteiger partial charge in [-0.3, -0.25) is 19.6 Å². The van der Waals surface area contributed by atoms with Crippen LogP contribution in [0, 0.1) is 0 Å². The normalized spacial score (nSPS) is 10.8. The van der Waals surface area contributed by atoms with Crippen LogP contribution in [0.3, 0.4) is 0 Å². The molecule has 2 N–H and O–H groups in total. The lowest BCUT2D eigenvalue weighted by Gasteiger charge is -2.19. The summed E-state index contributed by atoms with van der Waals surface area (Å²) in [4.78, 5) is 44.5. The third-order valence-electron chi connectivity index (χ3n) is 8.35. The number of hydrogen-bond acceptors (Lipinski definition) is 14. The minimum Gasteiger partial charge on any atom is -0.496 e. The number of pyridine rings is 2. The first-order valence-corrected chi connectivity index (χ1v) is 17.9. The van der Waals surface area contributed by atoms with E-state index >= 15 is 0 Å². The Hall–Kier alpha value is -5.40. The van der Waals surface area contributed by atoms with Crippen molar-refractivity contribution in [3.63, 3.8) is 0 Å². The molecule has 0 aliphatic heterocycles. The van der Waals surface area contributed by atoms with Gasteiger partial charge in [-0.05, 0) is 79.4 Å². The summed E-state index contributed by atoms with van der Waals surface area (Å²) in [5.74, 6) is 2.61. The largest absolute Gasteiger partial charge is 0.496 e. The number of aryl methyl sites for hydroxylation is 2. The molecule has 0 bridgehead atoms. The highest BCUT2D eigenvalue weighted by Crippen LogP contribution is 2.37. The second kappa shape index (κ2) is 19.5. The molecule has 4 aromatic heterocycles. The third kappa shape index (κ3) is 10.1. The summed E-state index contributed by atoms with van der Waals surface area (Å²) >= 11 is 3.32. The highest BCUT2D eigenvalue weighted by molar-refractivity contribution is 9.10. The summed E-state index contributed by atoms with van der Waals surface area (Å²) in [7, 11) is 16.1. The van der Waals surface area contributed by atoms with Crippen LogP contribution in [0.1, 0.15) is 11.1 Å². The summed E-state index contributed by atoms with van der Waals surface area (Å²) < 4.78 is 25.5. The Labute approximate surface area is 333 Å². The standard InChI is InChI=1S/C19H22N4O3.C11H18BNO4.C8H6BrN3O/c1-22(2)10-14-15(25-4)8-12(9-16(14)26-5)13-11-23(3)19(24)18-17(13)20-6-7-21-18;1-13(2)7-9-10(16-3)5-8(12(14)15)6-11(9)17-4;1-12-4-5(9)6-7(8(12)13)11-3-2-10-6/h6-9,11H,10H2,1-5H3;5-6,14-15H,7H2,1-4H3;2-4H,1H3. The fraction of sp³-hybridized carbons (Fsp3) is 0.316. The zero-order valence-corrected chi connectivity index (χ0v) is 34.7. The van der Waals surface area contributed by atoms with E-state index in [0.29, 0.717) is 52.1 Å². The summed E-state index contributed by atoms with van der Waals surface area (Å²) in [5.41, 5.74) is 5.40. The maximum Gasteiger partial charge on any atom is 0.488 e. The molecular formula is C38H46BBrN8O8. The molecule has 0 unspecified atom stereocenters. The molecule has 2 aromatic carbocycles. The van der Waals surface area contributed by atoms with Gasteiger partial charge in [0.2, 0.25) is 0 Å². The molecule has 6 rings (SSSR count). The number of fused-ring (bicyclic) bond motifs is 2. The van der Waals surface area contributed by atoms with Gasteiger partial charge in [0, 0.05) is 69.9 Å². The Kier molecular flexibility index (Phi) is 15.1. The highest BCUT2D eigenvalue weighted by Gasteiger charge is 2.20. The van der Waals surface area contributed by atoms with E-state index in [-0.39, 0.29) is 11.1 Å². The minimum absolute atomic E-state index is 0.133. The third-order valence-corrected chi connectivity index (χ3v) is 8.93. The van der Waals surface area contributed by atoms with Gasteiger partial charge in [0.15, 0.2) is 11.0 Å². The van der Waals surface area contributed by atoms with Crippen molar-refractivity contribution in [1.82, 2.24) is 38.9 Å². The van der Waals surface area contributed by atoms with E-state index < -0.39 is 7.12 Å². The predicted molar refractivity (Wildman–Crippen MR) is 220 cm³/mol. The first-order valence-electron chi connectivity index (χ1n) is 17.1. The van der Waals surface area contributed by atoms with Crippen molar-refractivity contribution in [2.24, 2.45) is 14.1 Å². The zero-order chi connectivity index (χ0) is 41.3. The smallest absolute Gasteiger partial charge is 0.488 e. The fourth-order valence-electron chi connectivity index (χ4n) is 5.75. The van der Waals surface area contributed by atoms with Gasteiger partial charge in [0.05, 0.1) is 44.0 Å². The van der Waals surface area contributed by atoms with Crippen LogP contribution in [0.25, 0.3) is 33.2 Å². The van der Waals surface area contributed by atoms with E-state index in [1.54, 1.807) is 79.5 Å². The molecule has 0 fully saturated rings. The lowest BCUT2D eigenvalue weighted by Crippen LogP contribution is -2.30. The number of hydrogen-bond donors (Lipinski definition) is 2. The summed E-state index contributed by atoms with van der Waals surface area (Å²) in [5, 5.41) is 18.3. The number of nitrogens with zero attached hydrogens (tertiary/aromatic N) is 8. The van der Waals surface area contributed by atoms with Gasteiger partial charge in [0.1, 0.15) is 34.0 Å². The Balaban J connectivity index is 0.000000200. The molecule has 0 aliphatic carbocycles. The second-order valence-corrected chi connectivity index (χ2v) is 13.8. The van der Waals surface area contributed by atoms with Gasteiger partial charge >= 0.3 is 7.12 Å². The first kappa shape index (κ1) is 43.3. The Morgan fingerprint density at radius 2 is 1.00 bits per heavy atom. The molecule has 4 heterocycles. The van der Waals surface area contributed by atoms with Crippen molar-refractivity contribution in [1.29, 1.82) is 0 Å². The molecule has 6 aromatic rings. The van der Waals surface area contributed by atoms with Crippen LogP contribution in [-0.2, 0) is 27.2 Å². The average Bonchev–Trinajstić information content (AvgIpc) is 3.18. The van der Waals surface area contributed by atoms with Gasteiger partial charge in [0.25, 0.3) is 11.1 Å². The molecule has 0 saturated heterocycles. The van der Waals surface area contributed by atoms with Gasteiger partial charge in [-0.1, -0.05) is 0 Å². The summed E-state index contributed by atoms with van der Waals surface area (Å²) in [6.07, 6.45) is 9.62. The molecule has 16 nitrogen and oxygen atoms in total. The molecule has 0 aliphatic rings. The molecular weight excluding hydrogens is 787 g/mol. The minimum atomic E-state index is -1.54. The van der Waals surface area contributed by atoms with E-state index in [1.807, 2.05) is 50.1 Å². The molecule has 0 spiro atoms. The van der Waals surface area contributed by atoms with Crippen LogP contribution >= 0.6 is 15.9 Å². The van der Waals surface area contributed by atoms with E-state index in [9.17, 15) is 19.6 Å². The molecule has 0 radical (unpaired) electrons. The van der Waals surface area contributed by atoms with Crippen LogP contribution in [-0.4, -0.2) is 113 Å². The van der Waals surface area contributed by atoms with Crippen LogP contribution in [0.15, 0.2) is 75.5 Å². The Bertz CT molecular complexity index is 2370. The van der Waals surface area contributed by atoms with Crippen LogP contribution in [0.4, 0.5) is 0 Å². The maximum absolute atomic E-state index is 12.3. The van der Waals surface area contributed by atoms with Crippen LogP contribution in [0.5, 0.6) is 23.0 Å². The highest BCUT2D eigenvalue weighted by atomic mass is 79.9. The topological polar surface area (TPSA) is 179 Å². The van der Waals surface area contributed by atoms with Crippen molar-refractivity contribution in [3.8, 4) is 34.1 Å². The lowest BCUT2D eigenvalue weighted by molar-refractivity contribution is 0.348. The Morgan fingerprint density at radius 3 is 1.41 bits per heavy atom. The molecule has 0 amide bonds. The van der Waals surface area contributed by atoms with Crippen molar-refractivity contribution >= 4 is 50.6 Å². The SMILES string of the molecule is COc1cc(-c2cn(C)c(=O)c3nccnc23)cc(OC)c1CN(C)C.COc1cc(B(O)O)cc(OC)c1CN(C)C.Cn1cc(Br)c2nccnc2c1=O. The molecule has 56 heavy (non-hydrogen) atoms. The van der Waals surface area contributed by atoms with Crippen molar-refractivity contribution in [3.05, 3.63) is 97.8 Å². The summed E-state index contributed by atoms with van der Waals surface area (Å²) in [6, 6.07) is 7.09. The average molecular weight is 834 g/mol. The van der Waals surface area contributed by atoms with E-state index in [0.717, 1.165) is 38.2 Å². The molecule has 0 atom stereocenters. The second-order valence-electron chi connectivity index (χ2n) is 13.0. The van der Waals surface area contributed by atoms with Crippen LogP contribution < -0.4 is 35.5 Å². The van der Waals surface area contributed by atoms with Gasteiger partial charge in [-0.15, -0.1) is 0 Å². The Morgan fingerprint density at radius 1 is 0.625 bits per heavy atom. The number of aromatic nitrogens is 6. The van der Waals surface area contributed by atoms with Crippen molar-refractivity contribution in [2.75, 3.05) is 56.6 Å². The zero-order valence-electron chi connectivity index (χ0n) is 33.1. The maximum atomic E-state index is 12.3. The van der Waals surface area contributed by atoms with E-state index in [2.05, 4.69) is 35.9 Å². The van der Waals surface area contributed by atoms with Crippen molar-refractivity contribution < 1.29 is 29.0 Å². The molecule has 0 saturated carbocycles. The van der Waals surface area contributed by atoms with E-state index in [4.69, 9.17) is 18.9 Å². The number of ether oxygens (including phenoxy) is 4. The molecule has 296 valence electrons. The quantitative estimate of drug-likeness (QED) is 0.193. The lowest BCUT2D eigenvalue weighted by atomic mass is 9.79. The van der Waals surface area contributed by atoms with Crippen molar-refractivity contribution in [2.45, 2.75) is 13.1 Å². The molecule has 18 heteroatoms. The number of halogens is 1. The predicted octanol–water partition coefficient (Wildman–Crippen LogP) is 2.61. The fourth-order valence-corrected chi connectivity index (χ4v) is 6.34. The monoisotopic (exact) mass is 832 g/mol. The number of rotatable bonds is 10. The van der Waals surface area contributed by atoms with Gasteiger partial charge in [-0.25, -0.2) is 9.97 Å². The summed E-state index contributed by atoms with van der Waals surface area (Å²) in [6.45, 7) is 1.33. The van der Waals surface area contributed by atoms with Gasteiger partial charge in [-0.2, -0.15) is 0 Å². The number of benzene rings is 2. The first-order chi connectivity index (χ1) is 26.6. The number of methoxy groups -OCH3 is 4. The van der Waals surface area contributed by atoms with Gasteiger partial charge < -0.3 is 47.9 Å². The van der Waals surface area contributed by atoms with E-state index in [1.165, 1.54) is 21.5 Å². The van der Waals surface area contributed by atoms with Crippen LogP contribution in [0.2, 0.25) is 0 Å².